The molecule has 2 saturated heterocycles. The van der Waals surface area contributed by atoms with Crippen molar-refractivity contribution in [1.29, 1.82) is 0 Å². The number of rotatable bonds is 7. The van der Waals surface area contributed by atoms with Gasteiger partial charge in [0.25, 0.3) is 5.91 Å². The number of aryl methyl sites for hydroxylation is 1. The highest BCUT2D eigenvalue weighted by molar-refractivity contribution is 6.10. The number of piperazine rings is 1. The molecule has 4 heterocycles. The number of benzene rings is 2. The van der Waals surface area contributed by atoms with E-state index in [1.54, 1.807) is 12.4 Å². The van der Waals surface area contributed by atoms with Crippen LogP contribution in [0.15, 0.2) is 42.7 Å². The topological polar surface area (TPSA) is 60.7 Å². The van der Waals surface area contributed by atoms with Crippen LogP contribution >= 0.6 is 0 Å². The summed E-state index contributed by atoms with van der Waals surface area (Å²) in [5.74, 6) is 1.57. The highest BCUT2D eigenvalue weighted by Gasteiger charge is 2.44. The first-order chi connectivity index (χ1) is 21.1. The minimum absolute atomic E-state index is 0.0756. The Hall–Kier alpha value is -3.28. The van der Waals surface area contributed by atoms with E-state index in [1.165, 1.54) is 11.0 Å². The number of alkyl halides is 3. The van der Waals surface area contributed by atoms with Crippen LogP contribution in [0.3, 0.4) is 0 Å². The number of aromatic nitrogens is 3. The van der Waals surface area contributed by atoms with Crippen LogP contribution < -0.4 is 4.90 Å². The standard InChI is InChI=1S/C33H40F3N7O/c1-39-9-11-41(12-10-39)17-22-5-4-8-42(18-22)19-23-13-28-29(30(14-23)33(34,35)36)20-43(32(28)44)25-7-3-6-24(15-25)26-16-27(26)31-38-37-21-40(31)2/h3,6-7,13-15,21-22,26-27H,4-5,8-12,16-20H2,1-2H3. The van der Waals surface area contributed by atoms with Gasteiger partial charge in [0.2, 0.25) is 0 Å². The summed E-state index contributed by atoms with van der Waals surface area (Å²) < 4.78 is 45.2. The lowest BCUT2D eigenvalue weighted by molar-refractivity contribution is -0.138. The molecular formula is C33H40F3N7O. The molecule has 11 heteroatoms. The molecule has 1 saturated carbocycles. The monoisotopic (exact) mass is 607 g/mol. The number of hydrogen-bond acceptors (Lipinski definition) is 6. The van der Waals surface area contributed by atoms with Gasteiger partial charge >= 0.3 is 6.18 Å². The Kier molecular flexibility index (Phi) is 7.74. The molecule has 8 nitrogen and oxygen atoms in total. The van der Waals surface area contributed by atoms with E-state index in [2.05, 4.69) is 31.9 Å². The molecule has 1 amide bonds. The van der Waals surface area contributed by atoms with Crippen molar-refractivity contribution in [3.05, 3.63) is 76.4 Å². The lowest BCUT2D eigenvalue weighted by Gasteiger charge is -2.38. The first kappa shape index (κ1) is 29.4. The van der Waals surface area contributed by atoms with Gasteiger partial charge in [-0.05, 0) is 85.6 Å². The zero-order chi connectivity index (χ0) is 30.6. The van der Waals surface area contributed by atoms with Gasteiger partial charge in [-0.25, -0.2) is 0 Å². The number of likely N-dealkylation sites (N-methyl/N-ethyl adjacent to an activating group) is 1. The number of halogens is 3. The second kappa shape index (κ2) is 11.6. The number of carbonyl (C=O) groups is 1. The fraction of sp³-hybridized carbons (Fsp3) is 0.545. The molecule has 3 aromatic rings. The Labute approximate surface area is 256 Å². The number of carbonyl (C=O) groups excluding carboxylic acids is 1. The second-order valence-electron chi connectivity index (χ2n) is 13.2. The lowest BCUT2D eigenvalue weighted by atomic mass is 9.95. The van der Waals surface area contributed by atoms with E-state index in [4.69, 9.17) is 0 Å². The maximum Gasteiger partial charge on any atom is 0.416 e. The fourth-order valence-electron chi connectivity index (χ4n) is 7.52. The summed E-state index contributed by atoms with van der Waals surface area (Å²) in [6, 6.07) is 10.7. The van der Waals surface area contributed by atoms with Crippen LogP contribution in [-0.2, 0) is 26.3 Å². The molecule has 2 aromatic carbocycles. The maximum absolute atomic E-state index is 14.4. The van der Waals surface area contributed by atoms with Crippen LogP contribution in [0.4, 0.5) is 18.9 Å². The van der Waals surface area contributed by atoms with Gasteiger partial charge in [0.15, 0.2) is 0 Å². The van der Waals surface area contributed by atoms with Crippen LogP contribution in [0.25, 0.3) is 0 Å². The molecule has 234 valence electrons. The SMILES string of the molecule is CN1CCN(CC2CCCN(Cc3cc4c(c(C(F)(F)F)c3)CN(c3cccc(C5CC5c5nncn5C)c3)C4=O)C2)CC1. The van der Waals surface area contributed by atoms with Crippen LogP contribution in [-0.4, -0.2) is 88.2 Å². The molecule has 0 spiro atoms. The first-order valence-electron chi connectivity index (χ1n) is 15.8. The molecule has 3 fully saturated rings. The summed E-state index contributed by atoms with van der Waals surface area (Å²) in [5, 5.41) is 8.23. The average molecular weight is 608 g/mol. The summed E-state index contributed by atoms with van der Waals surface area (Å²) in [7, 11) is 4.07. The molecular weight excluding hydrogens is 567 g/mol. The van der Waals surface area contributed by atoms with Crippen molar-refractivity contribution in [3.63, 3.8) is 0 Å². The van der Waals surface area contributed by atoms with Gasteiger partial charge < -0.3 is 19.3 Å². The molecule has 7 rings (SSSR count). The quantitative estimate of drug-likeness (QED) is 0.388. The minimum atomic E-state index is -4.54. The predicted octanol–water partition coefficient (Wildman–Crippen LogP) is 4.72. The number of piperidine rings is 1. The highest BCUT2D eigenvalue weighted by Crippen LogP contribution is 2.54. The third-order valence-corrected chi connectivity index (χ3v) is 10.0. The van der Waals surface area contributed by atoms with Crippen molar-refractivity contribution >= 4 is 11.6 Å². The van der Waals surface area contributed by atoms with E-state index in [-0.39, 0.29) is 35.4 Å². The van der Waals surface area contributed by atoms with Gasteiger partial charge in [-0.3, -0.25) is 9.69 Å². The largest absolute Gasteiger partial charge is 0.416 e. The van der Waals surface area contributed by atoms with Gasteiger partial charge in [-0.15, -0.1) is 10.2 Å². The molecule has 1 aliphatic carbocycles. The van der Waals surface area contributed by atoms with Crippen molar-refractivity contribution in [3.8, 4) is 0 Å². The van der Waals surface area contributed by atoms with Gasteiger partial charge in [0.05, 0.1) is 12.1 Å². The van der Waals surface area contributed by atoms with E-state index >= 15 is 0 Å². The Morgan fingerprint density at radius 2 is 1.80 bits per heavy atom. The highest BCUT2D eigenvalue weighted by atomic mass is 19.4. The number of amides is 1. The van der Waals surface area contributed by atoms with Crippen LogP contribution in [0.2, 0.25) is 0 Å². The average Bonchev–Trinajstić information content (AvgIpc) is 3.56. The fourth-order valence-corrected chi connectivity index (χ4v) is 7.52. The smallest absolute Gasteiger partial charge is 0.320 e. The molecule has 0 bridgehead atoms. The lowest BCUT2D eigenvalue weighted by Crippen LogP contribution is -2.48. The zero-order valence-electron chi connectivity index (χ0n) is 25.4. The number of anilines is 1. The third-order valence-electron chi connectivity index (χ3n) is 10.0. The summed E-state index contributed by atoms with van der Waals surface area (Å²) >= 11 is 0. The molecule has 3 unspecified atom stereocenters. The number of hydrogen-bond donors (Lipinski definition) is 0. The van der Waals surface area contributed by atoms with Crippen molar-refractivity contribution < 1.29 is 18.0 Å². The second-order valence-corrected chi connectivity index (χ2v) is 13.2. The number of nitrogens with zero attached hydrogens (tertiary/aromatic N) is 7. The normalized spacial score (nSPS) is 25.1. The molecule has 0 N–H and O–H groups in total. The molecule has 44 heavy (non-hydrogen) atoms. The maximum atomic E-state index is 14.4. The number of likely N-dealkylation sites (tertiary alicyclic amines) is 1. The molecule has 3 atom stereocenters. The Bertz CT molecular complexity index is 1530. The van der Waals surface area contributed by atoms with Crippen molar-refractivity contribution in [2.45, 2.75) is 50.4 Å². The zero-order valence-corrected chi connectivity index (χ0v) is 25.4. The minimum Gasteiger partial charge on any atom is -0.320 e. The van der Waals surface area contributed by atoms with Crippen molar-refractivity contribution in [2.75, 3.05) is 57.8 Å². The molecule has 1 aromatic heterocycles. The van der Waals surface area contributed by atoms with E-state index in [9.17, 15) is 18.0 Å². The van der Waals surface area contributed by atoms with E-state index in [1.807, 2.05) is 35.9 Å². The third kappa shape index (κ3) is 5.89. The summed E-state index contributed by atoms with van der Waals surface area (Å²) in [5.41, 5.74) is 1.82. The number of fused-ring (bicyclic) bond motifs is 1. The van der Waals surface area contributed by atoms with Crippen molar-refractivity contribution in [2.24, 2.45) is 13.0 Å². The van der Waals surface area contributed by atoms with Gasteiger partial charge in [0.1, 0.15) is 12.2 Å². The van der Waals surface area contributed by atoms with E-state index < -0.39 is 11.7 Å². The van der Waals surface area contributed by atoms with Crippen molar-refractivity contribution in [1.82, 2.24) is 29.5 Å². The van der Waals surface area contributed by atoms with Crippen LogP contribution in [0, 0.1) is 5.92 Å². The Morgan fingerprint density at radius 3 is 2.55 bits per heavy atom. The van der Waals surface area contributed by atoms with Gasteiger partial charge in [-0.2, -0.15) is 13.2 Å². The van der Waals surface area contributed by atoms with Crippen LogP contribution in [0.1, 0.15) is 69.5 Å². The Balaban J connectivity index is 1.08. The summed E-state index contributed by atoms with van der Waals surface area (Å²) in [6.07, 6.45) is 0.260. The Morgan fingerprint density at radius 1 is 0.977 bits per heavy atom. The molecule has 0 radical (unpaired) electrons. The van der Waals surface area contributed by atoms with E-state index in [0.29, 0.717) is 23.7 Å². The van der Waals surface area contributed by atoms with Crippen LogP contribution in [0.5, 0.6) is 0 Å². The van der Waals surface area contributed by atoms with Gasteiger partial charge in [0, 0.05) is 70.0 Å². The summed E-state index contributed by atoms with van der Waals surface area (Å²) in [6.45, 7) is 7.39. The molecule has 3 aliphatic heterocycles. The summed E-state index contributed by atoms with van der Waals surface area (Å²) in [4.78, 5) is 22.4. The van der Waals surface area contributed by atoms with Gasteiger partial charge in [-0.1, -0.05) is 12.1 Å². The van der Waals surface area contributed by atoms with E-state index in [0.717, 1.165) is 76.5 Å². The molecule has 4 aliphatic rings. The first-order valence-corrected chi connectivity index (χ1v) is 15.8. The predicted molar refractivity (Wildman–Crippen MR) is 161 cm³/mol.